The number of urea groups is 1. The maximum atomic E-state index is 14.4. The van der Waals surface area contributed by atoms with Gasteiger partial charge in [0.1, 0.15) is 11.6 Å². The zero-order valence-corrected chi connectivity index (χ0v) is 16.0. The first-order valence-corrected chi connectivity index (χ1v) is 8.81. The molecular weight excluding hydrogens is 384 g/mol. The van der Waals surface area contributed by atoms with Crippen LogP contribution in [-0.4, -0.2) is 56.4 Å². The van der Waals surface area contributed by atoms with Gasteiger partial charge in [0.05, 0.1) is 31.1 Å². The minimum Gasteiger partial charge on any atom is -0.378 e. The summed E-state index contributed by atoms with van der Waals surface area (Å²) < 4.78 is 33.0. The summed E-state index contributed by atoms with van der Waals surface area (Å²) in [7, 11) is 0. The monoisotopic (exact) mass is 407 g/mol. The number of carbonyl (C=O) groups is 2. The lowest BCUT2D eigenvalue weighted by Crippen LogP contribution is -2.49. The molecule has 1 aromatic rings. The average molecular weight is 407 g/mol. The van der Waals surface area contributed by atoms with E-state index in [1.807, 2.05) is 5.43 Å². The molecule has 0 aromatic heterocycles. The van der Waals surface area contributed by atoms with Gasteiger partial charge in [-0.2, -0.15) is 0 Å². The molecule has 0 saturated carbocycles. The molecule has 1 aliphatic rings. The van der Waals surface area contributed by atoms with Crippen LogP contribution in [0.5, 0.6) is 0 Å². The zero-order valence-electron chi connectivity index (χ0n) is 16.0. The minimum absolute atomic E-state index is 0.0992. The lowest BCUT2D eigenvalue weighted by atomic mass is 10.2. The van der Waals surface area contributed by atoms with Gasteiger partial charge in [-0.15, -0.1) is 0 Å². The zero-order chi connectivity index (χ0) is 21.4. The number of allylic oxidation sites excluding steroid dienone is 2. The predicted octanol–water partition coefficient (Wildman–Crippen LogP) is 1.74. The van der Waals surface area contributed by atoms with E-state index in [-0.39, 0.29) is 12.2 Å². The number of nitrogens with two attached hydrogens (primary N) is 1. The molecule has 3 N–H and O–H groups in total. The van der Waals surface area contributed by atoms with E-state index in [9.17, 15) is 18.4 Å². The number of aliphatic imine (C=N–C) groups is 1. The molecule has 3 amide bonds. The van der Waals surface area contributed by atoms with Gasteiger partial charge in [-0.1, -0.05) is 6.08 Å². The molecule has 0 spiro atoms. The van der Waals surface area contributed by atoms with Crippen molar-refractivity contribution in [1.29, 1.82) is 0 Å². The van der Waals surface area contributed by atoms with Gasteiger partial charge in [0.2, 0.25) is 0 Å². The van der Waals surface area contributed by atoms with Gasteiger partial charge in [-0.3, -0.25) is 20.1 Å². The van der Waals surface area contributed by atoms with E-state index in [1.165, 1.54) is 30.0 Å². The van der Waals surface area contributed by atoms with Crippen LogP contribution < -0.4 is 16.2 Å². The van der Waals surface area contributed by atoms with Crippen LogP contribution in [0.4, 0.5) is 19.3 Å². The molecular formula is C19H23F2N5O3. The number of halogens is 2. The maximum Gasteiger partial charge on any atom is 0.325 e. The van der Waals surface area contributed by atoms with Crippen LogP contribution in [-0.2, 0) is 9.53 Å². The van der Waals surface area contributed by atoms with Crippen molar-refractivity contribution in [2.24, 2.45) is 10.8 Å². The Morgan fingerprint density at radius 3 is 2.62 bits per heavy atom. The van der Waals surface area contributed by atoms with E-state index in [2.05, 4.69) is 11.7 Å². The fraction of sp³-hybridized carbons (Fsp3) is 0.316. The number of nitrogens with zero attached hydrogens (tertiary/aromatic N) is 3. The number of anilines is 1. The number of hydrogen-bond donors (Lipinski definition) is 2. The van der Waals surface area contributed by atoms with Crippen LogP contribution in [0, 0.1) is 11.6 Å². The molecule has 156 valence electrons. The van der Waals surface area contributed by atoms with Crippen LogP contribution in [0.2, 0.25) is 0 Å². The molecule has 29 heavy (non-hydrogen) atoms. The number of morpholine rings is 1. The van der Waals surface area contributed by atoms with Crippen molar-refractivity contribution in [2.45, 2.75) is 6.92 Å². The average Bonchev–Trinajstić information content (AvgIpc) is 2.74. The molecule has 1 aromatic carbocycles. The Balaban J connectivity index is 2.36. The highest BCUT2D eigenvalue weighted by molar-refractivity contribution is 5.93. The Morgan fingerprint density at radius 1 is 1.34 bits per heavy atom. The van der Waals surface area contributed by atoms with Crippen LogP contribution in [0.1, 0.15) is 6.92 Å². The highest BCUT2D eigenvalue weighted by atomic mass is 19.1. The Hall–Kier alpha value is -3.11. The molecule has 1 fully saturated rings. The first-order valence-electron chi connectivity index (χ1n) is 8.81. The number of hydrazine groups is 1. The van der Waals surface area contributed by atoms with Gasteiger partial charge < -0.3 is 9.64 Å². The second kappa shape index (κ2) is 10.4. The number of rotatable bonds is 6. The van der Waals surface area contributed by atoms with Crippen molar-refractivity contribution in [3.63, 3.8) is 0 Å². The van der Waals surface area contributed by atoms with Gasteiger partial charge in [-0.25, -0.2) is 19.4 Å². The molecule has 0 radical (unpaired) electrons. The van der Waals surface area contributed by atoms with Crippen molar-refractivity contribution >= 4 is 24.3 Å². The standard InChI is InChI=1S/C19H23F2N5O3/c1-13(18(27)24-22)3-5-15(23-2)12-26(17-6-4-14(20)11-16(17)21)19(28)25-7-9-29-10-8-25/h3-6,11H,2,7-10,12,22H2,1H3,(H,24,27)/b13-3+,15-5-. The molecule has 0 bridgehead atoms. The fourth-order valence-electron chi connectivity index (χ4n) is 2.61. The van der Waals surface area contributed by atoms with Crippen molar-refractivity contribution in [1.82, 2.24) is 10.3 Å². The lowest BCUT2D eigenvalue weighted by Gasteiger charge is -2.33. The van der Waals surface area contributed by atoms with E-state index >= 15 is 0 Å². The van der Waals surface area contributed by atoms with Crippen LogP contribution in [0.3, 0.4) is 0 Å². The largest absolute Gasteiger partial charge is 0.378 e. The third-order valence-corrected chi connectivity index (χ3v) is 4.25. The van der Waals surface area contributed by atoms with Gasteiger partial charge in [0, 0.05) is 24.7 Å². The van der Waals surface area contributed by atoms with E-state index in [4.69, 9.17) is 10.6 Å². The SMILES string of the molecule is C=N/C(=C\C=C(/C)C(=O)NN)CN(C(=O)N1CCOCC1)c1ccc(F)cc1F. The third kappa shape index (κ3) is 5.93. The minimum atomic E-state index is -0.885. The summed E-state index contributed by atoms with van der Waals surface area (Å²) in [5.41, 5.74) is 2.49. The number of nitrogens with one attached hydrogen (secondary N) is 1. The van der Waals surface area contributed by atoms with Gasteiger partial charge in [0.15, 0.2) is 0 Å². The quantitative estimate of drug-likeness (QED) is 0.187. The molecule has 0 aliphatic carbocycles. The lowest BCUT2D eigenvalue weighted by molar-refractivity contribution is -0.117. The molecule has 0 atom stereocenters. The highest BCUT2D eigenvalue weighted by Gasteiger charge is 2.27. The molecule has 0 unspecified atom stereocenters. The van der Waals surface area contributed by atoms with Crippen LogP contribution >= 0.6 is 0 Å². The third-order valence-electron chi connectivity index (χ3n) is 4.25. The van der Waals surface area contributed by atoms with Crippen molar-refractivity contribution in [3.05, 3.63) is 53.3 Å². The summed E-state index contributed by atoms with van der Waals surface area (Å²) in [6.07, 6.45) is 2.92. The number of amides is 3. The summed E-state index contributed by atoms with van der Waals surface area (Å²) >= 11 is 0. The van der Waals surface area contributed by atoms with Crippen LogP contribution in [0.15, 0.2) is 46.6 Å². The Bertz CT molecular complexity index is 835. The molecule has 10 heteroatoms. The van der Waals surface area contributed by atoms with Crippen molar-refractivity contribution in [3.8, 4) is 0 Å². The summed E-state index contributed by atoms with van der Waals surface area (Å²) in [5, 5.41) is 0. The Labute approximate surface area is 167 Å². The van der Waals surface area contributed by atoms with Gasteiger partial charge in [-0.05, 0) is 31.9 Å². The molecule has 1 heterocycles. The highest BCUT2D eigenvalue weighted by Crippen LogP contribution is 2.23. The number of hydrogen-bond acceptors (Lipinski definition) is 5. The maximum absolute atomic E-state index is 14.4. The first-order chi connectivity index (χ1) is 13.9. The van der Waals surface area contributed by atoms with E-state index in [1.54, 1.807) is 0 Å². The molecule has 1 aliphatic heterocycles. The number of ether oxygens (including phenoxy) is 1. The Kier molecular flexibility index (Phi) is 7.98. The van der Waals surface area contributed by atoms with Gasteiger partial charge >= 0.3 is 6.03 Å². The summed E-state index contributed by atoms with van der Waals surface area (Å²) in [4.78, 5) is 31.0. The molecule has 1 saturated heterocycles. The Morgan fingerprint density at radius 2 is 2.03 bits per heavy atom. The molecule has 2 rings (SSSR count). The van der Waals surface area contributed by atoms with Gasteiger partial charge in [0.25, 0.3) is 5.91 Å². The van der Waals surface area contributed by atoms with Crippen molar-refractivity contribution < 1.29 is 23.1 Å². The second-order valence-corrected chi connectivity index (χ2v) is 6.20. The van der Waals surface area contributed by atoms with E-state index in [0.717, 1.165) is 11.0 Å². The first kappa shape index (κ1) is 22.2. The van der Waals surface area contributed by atoms with Crippen LogP contribution in [0.25, 0.3) is 0 Å². The summed E-state index contributed by atoms with van der Waals surface area (Å²) in [6, 6.07) is 2.48. The smallest absolute Gasteiger partial charge is 0.325 e. The van der Waals surface area contributed by atoms with E-state index in [0.29, 0.717) is 43.6 Å². The fourth-order valence-corrected chi connectivity index (χ4v) is 2.61. The summed E-state index contributed by atoms with van der Waals surface area (Å²) in [6.45, 7) is 6.27. The van der Waals surface area contributed by atoms with Crippen molar-refractivity contribution in [2.75, 3.05) is 37.7 Å². The summed E-state index contributed by atoms with van der Waals surface area (Å²) in [5.74, 6) is 2.95. The second-order valence-electron chi connectivity index (χ2n) is 6.20. The predicted molar refractivity (Wildman–Crippen MR) is 105 cm³/mol. The normalized spacial score (nSPS) is 15.1. The topological polar surface area (TPSA) is 100 Å². The van der Waals surface area contributed by atoms with E-state index < -0.39 is 23.6 Å². The molecule has 8 nitrogen and oxygen atoms in total. The number of carbonyl (C=O) groups excluding carboxylic acids is 2. The number of benzene rings is 1.